The number of ketones is 1. The van der Waals surface area contributed by atoms with E-state index in [1.807, 2.05) is 0 Å². The molecule has 160 valence electrons. The smallest absolute Gasteiger partial charge is 0.338 e. The van der Waals surface area contributed by atoms with Crippen molar-refractivity contribution in [1.29, 1.82) is 0 Å². The summed E-state index contributed by atoms with van der Waals surface area (Å²) in [6, 6.07) is 14.9. The standard InChI is InChI=1S/C26H21NO5/c28-21(14-4-2-1-3-5-14)13-32-26(31)15-6-8-16(9-7-15)27-24(29)22-17-10-11-18(20-12-19(17)20)23(22)25(27)30/h1-11,17-20,22-23H,12-13H2/t17-,18-,19-,20-,22-,23+/m1/s1. The largest absolute Gasteiger partial charge is 0.454 e. The van der Waals surface area contributed by atoms with E-state index in [2.05, 4.69) is 12.2 Å². The van der Waals surface area contributed by atoms with E-state index >= 15 is 0 Å². The number of ether oxygens (including phenoxy) is 1. The molecule has 2 saturated carbocycles. The maximum Gasteiger partial charge on any atom is 0.338 e. The van der Waals surface area contributed by atoms with Crippen LogP contribution < -0.4 is 4.90 Å². The van der Waals surface area contributed by atoms with Gasteiger partial charge in [-0.15, -0.1) is 0 Å². The lowest BCUT2D eigenvalue weighted by Gasteiger charge is -2.37. The Morgan fingerprint density at radius 2 is 1.41 bits per heavy atom. The van der Waals surface area contributed by atoms with E-state index in [1.54, 1.807) is 42.5 Å². The van der Waals surface area contributed by atoms with Gasteiger partial charge >= 0.3 is 5.97 Å². The van der Waals surface area contributed by atoms with Gasteiger partial charge < -0.3 is 4.74 Å². The Morgan fingerprint density at radius 1 is 0.812 bits per heavy atom. The van der Waals surface area contributed by atoms with Gasteiger partial charge in [0, 0.05) is 5.56 Å². The second-order valence-electron chi connectivity index (χ2n) is 9.08. The van der Waals surface area contributed by atoms with Crippen molar-refractivity contribution in [1.82, 2.24) is 0 Å². The fourth-order valence-corrected chi connectivity index (χ4v) is 5.88. The van der Waals surface area contributed by atoms with E-state index < -0.39 is 5.97 Å². The quantitative estimate of drug-likeness (QED) is 0.317. The van der Waals surface area contributed by atoms with E-state index in [4.69, 9.17) is 4.74 Å². The number of allylic oxidation sites excluding steroid dienone is 2. The van der Waals surface area contributed by atoms with Crippen LogP contribution in [0.15, 0.2) is 66.7 Å². The van der Waals surface area contributed by atoms with Gasteiger partial charge in [0.15, 0.2) is 12.4 Å². The third-order valence-electron chi connectivity index (χ3n) is 7.45. The number of imide groups is 1. The molecule has 0 radical (unpaired) electrons. The Kier molecular flexibility index (Phi) is 4.18. The second kappa shape index (κ2) is 6.99. The van der Waals surface area contributed by atoms with Crippen LogP contribution in [0, 0.1) is 35.5 Å². The molecule has 0 spiro atoms. The van der Waals surface area contributed by atoms with E-state index in [1.165, 1.54) is 17.0 Å². The van der Waals surface area contributed by atoms with Crippen LogP contribution in [0.5, 0.6) is 0 Å². The Labute approximate surface area is 184 Å². The minimum absolute atomic E-state index is 0.131. The van der Waals surface area contributed by atoms with Gasteiger partial charge in [0.2, 0.25) is 11.8 Å². The highest BCUT2D eigenvalue weighted by molar-refractivity contribution is 6.22. The summed E-state index contributed by atoms with van der Waals surface area (Å²) in [5.41, 5.74) is 1.21. The van der Waals surface area contributed by atoms with Gasteiger partial charge in [-0.05, 0) is 54.4 Å². The molecule has 2 aromatic carbocycles. The number of anilines is 1. The van der Waals surface area contributed by atoms with E-state index in [0.29, 0.717) is 23.1 Å². The molecule has 6 nitrogen and oxygen atoms in total. The van der Waals surface area contributed by atoms with Crippen LogP contribution in [0.1, 0.15) is 27.1 Å². The Bertz CT molecular complexity index is 1130. The molecule has 7 rings (SSSR count). The zero-order valence-electron chi connectivity index (χ0n) is 17.2. The van der Waals surface area contributed by atoms with Gasteiger partial charge in [-0.3, -0.25) is 19.3 Å². The highest BCUT2D eigenvalue weighted by Gasteiger charge is 2.67. The van der Waals surface area contributed by atoms with Gasteiger partial charge in [0.25, 0.3) is 0 Å². The predicted octanol–water partition coefficient (Wildman–Crippen LogP) is 3.28. The van der Waals surface area contributed by atoms with Crippen LogP contribution in [0.2, 0.25) is 0 Å². The second-order valence-corrected chi connectivity index (χ2v) is 9.08. The average Bonchev–Trinajstić information content (AvgIpc) is 3.61. The number of nitrogens with zero attached hydrogens (tertiary/aromatic N) is 1. The van der Waals surface area contributed by atoms with Gasteiger partial charge in [-0.2, -0.15) is 0 Å². The minimum Gasteiger partial charge on any atom is -0.454 e. The number of amides is 2. The topological polar surface area (TPSA) is 80.8 Å². The molecular weight excluding hydrogens is 406 g/mol. The molecule has 1 aliphatic heterocycles. The van der Waals surface area contributed by atoms with E-state index in [0.717, 1.165) is 6.42 Å². The van der Waals surface area contributed by atoms with Crippen LogP contribution in [0.4, 0.5) is 5.69 Å². The van der Waals surface area contributed by atoms with Crippen molar-refractivity contribution in [3.8, 4) is 0 Å². The van der Waals surface area contributed by atoms with Gasteiger partial charge in [0.05, 0.1) is 23.1 Å². The fourth-order valence-electron chi connectivity index (χ4n) is 5.88. The SMILES string of the molecule is O=C(COC(=O)c1ccc(N2C(=O)[C@@H]3[C@@H]4C=C[C@H]([C@H]5C[C@H]45)[C@@H]3C2=O)cc1)c1ccccc1. The summed E-state index contributed by atoms with van der Waals surface area (Å²) in [4.78, 5) is 52.1. The molecule has 32 heavy (non-hydrogen) atoms. The number of esters is 1. The van der Waals surface area contributed by atoms with Crippen LogP contribution in [0.3, 0.4) is 0 Å². The molecule has 1 saturated heterocycles. The number of hydrogen-bond acceptors (Lipinski definition) is 5. The first-order valence-electron chi connectivity index (χ1n) is 11.0. The molecule has 4 aliphatic carbocycles. The highest BCUT2D eigenvalue weighted by atomic mass is 16.5. The van der Waals surface area contributed by atoms with Gasteiger partial charge in [0.1, 0.15) is 0 Å². The van der Waals surface area contributed by atoms with Crippen LogP contribution in [0.25, 0.3) is 0 Å². The van der Waals surface area contributed by atoms with Crippen LogP contribution in [-0.4, -0.2) is 30.2 Å². The molecular formula is C26H21NO5. The first-order valence-corrected chi connectivity index (χ1v) is 11.0. The zero-order valence-corrected chi connectivity index (χ0v) is 17.2. The van der Waals surface area contributed by atoms with Crippen molar-refractivity contribution in [2.24, 2.45) is 35.5 Å². The van der Waals surface area contributed by atoms with Crippen LogP contribution in [-0.2, 0) is 14.3 Å². The molecule has 0 aromatic heterocycles. The third-order valence-corrected chi connectivity index (χ3v) is 7.45. The lowest BCUT2D eigenvalue weighted by atomic mass is 9.63. The molecule has 2 amide bonds. The maximum atomic E-state index is 13.2. The summed E-state index contributed by atoms with van der Waals surface area (Å²) in [7, 11) is 0. The molecule has 6 atom stereocenters. The first kappa shape index (κ1) is 19.2. The van der Waals surface area contributed by atoms with Gasteiger partial charge in [-0.1, -0.05) is 42.5 Å². The molecule has 6 heteroatoms. The molecule has 0 N–H and O–H groups in total. The maximum absolute atomic E-state index is 13.2. The Balaban J connectivity index is 1.15. The minimum atomic E-state index is -0.629. The number of hydrogen-bond donors (Lipinski definition) is 0. The monoisotopic (exact) mass is 427 g/mol. The molecule has 2 bridgehead atoms. The summed E-state index contributed by atoms with van der Waals surface area (Å²) in [6.07, 6.45) is 5.41. The Morgan fingerprint density at radius 3 is 2.00 bits per heavy atom. The van der Waals surface area contributed by atoms with Crippen molar-refractivity contribution in [2.45, 2.75) is 6.42 Å². The molecule has 2 aromatic rings. The number of benzene rings is 2. The number of carbonyl (C=O) groups excluding carboxylic acids is 4. The van der Waals surface area contributed by atoms with Gasteiger partial charge in [-0.25, -0.2) is 4.79 Å². The molecule has 1 heterocycles. The fraction of sp³-hybridized carbons (Fsp3) is 0.308. The predicted molar refractivity (Wildman–Crippen MR) is 115 cm³/mol. The highest BCUT2D eigenvalue weighted by Crippen LogP contribution is 2.65. The third kappa shape index (κ3) is 2.79. The first-order chi connectivity index (χ1) is 15.5. The van der Waals surface area contributed by atoms with E-state index in [9.17, 15) is 19.2 Å². The average molecular weight is 427 g/mol. The van der Waals surface area contributed by atoms with Crippen molar-refractivity contribution >= 4 is 29.3 Å². The zero-order chi connectivity index (χ0) is 22.0. The summed E-state index contributed by atoms with van der Waals surface area (Å²) in [5.74, 6) is -0.228. The Hall–Kier alpha value is -3.54. The van der Waals surface area contributed by atoms with Crippen LogP contribution >= 0.6 is 0 Å². The number of carbonyl (C=O) groups is 4. The van der Waals surface area contributed by atoms with E-state index in [-0.39, 0.29) is 53.4 Å². The molecule has 5 aliphatic rings. The number of rotatable bonds is 5. The summed E-state index contributed by atoms with van der Waals surface area (Å²) >= 11 is 0. The lowest BCUT2D eigenvalue weighted by molar-refractivity contribution is -0.124. The summed E-state index contributed by atoms with van der Waals surface area (Å²) < 4.78 is 5.14. The van der Waals surface area contributed by atoms with Crippen molar-refractivity contribution < 1.29 is 23.9 Å². The summed E-state index contributed by atoms with van der Waals surface area (Å²) in [6.45, 7) is -0.352. The molecule has 0 unspecified atom stereocenters. The van der Waals surface area contributed by atoms with Crippen molar-refractivity contribution in [2.75, 3.05) is 11.5 Å². The molecule has 3 fully saturated rings. The summed E-state index contributed by atoms with van der Waals surface area (Å²) in [5, 5.41) is 0. The lowest BCUT2D eigenvalue weighted by Crippen LogP contribution is -2.40. The van der Waals surface area contributed by atoms with Crippen molar-refractivity contribution in [3.05, 3.63) is 77.9 Å². The number of Topliss-reactive ketones (excluding diaryl/α,β-unsaturated/α-hetero) is 1. The normalized spacial score (nSPS) is 31.3. The van der Waals surface area contributed by atoms with Crippen molar-refractivity contribution in [3.63, 3.8) is 0 Å².